The molecule has 26 heavy (non-hydrogen) atoms. The van der Waals surface area contributed by atoms with E-state index in [1.807, 2.05) is 4.57 Å². The first-order valence-electron chi connectivity index (χ1n) is 8.93. The second kappa shape index (κ2) is 8.51. The molecule has 3 rings (SSSR count). The summed E-state index contributed by atoms with van der Waals surface area (Å²) < 4.78 is 8.11. The van der Waals surface area contributed by atoms with Crippen LogP contribution in [0.4, 0.5) is 0 Å². The van der Waals surface area contributed by atoms with Crippen molar-refractivity contribution in [1.82, 2.24) is 25.4 Å². The van der Waals surface area contributed by atoms with E-state index in [9.17, 15) is 4.79 Å². The van der Waals surface area contributed by atoms with Crippen molar-refractivity contribution in [2.75, 3.05) is 13.1 Å². The lowest BCUT2D eigenvalue weighted by atomic mass is 9.91. The Labute approximate surface area is 158 Å². The maximum Gasteiger partial charge on any atom is 0.264 e. The Morgan fingerprint density at radius 3 is 2.77 bits per heavy atom. The minimum absolute atomic E-state index is 0.125. The van der Waals surface area contributed by atoms with Gasteiger partial charge in [-0.2, -0.15) is 0 Å². The number of aryl methyl sites for hydroxylation is 1. The van der Waals surface area contributed by atoms with Crippen LogP contribution in [0, 0.1) is 0 Å². The molecule has 1 aliphatic rings. The van der Waals surface area contributed by atoms with Crippen molar-refractivity contribution in [3.63, 3.8) is 0 Å². The molecule has 2 heterocycles. The zero-order chi connectivity index (χ0) is 18.4. The Morgan fingerprint density at radius 1 is 1.35 bits per heavy atom. The molecule has 0 spiro atoms. The predicted molar refractivity (Wildman–Crippen MR) is 99.1 cm³/mol. The van der Waals surface area contributed by atoms with Gasteiger partial charge in [-0.15, -0.1) is 10.2 Å². The second-order valence-electron chi connectivity index (χ2n) is 6.42. The summed E-state index contributed by atoms with van der Waals surface area (Å²) in [7, 11) is 0. The highest BCUT2D eigenvalue weighted by atomic mass is 35.5. The van der Waals surface area contributed by atoms with Gasteiger partial charge in [0, 0.05) is 24.4 Å². The van der Waals surface area contributed by atoms with Crippen LogP contribution >= 0.6 is 11.6 Å². The van der Waals surface area contributed by atoms with Crippen LogP contribution in [0.15, 0.2) is 30.6 Å². The Hall–Kier alpha value is -2.12. The van der Waals surface area contributed by atoms with Crippen LogP contribution in [-0.2, 0) is 17.9 Å². The molecule has 0 aliphatic carbocycles. The van der Waals surface area contributed by atoms with Gasteiger partial charge in [0.1, 0.15) is 12.1 Å². The van der Waals surface area contributed by atoms with Crippen LogP contribution in [0.5, 0.6) is 5.75 Å². The van der Waals surface area contributed by atoms with Crippen LogP contribution < -0.4 is 15.4 Å². The predicted octanol–water partition coefficient (Wildman–Crippen LogP) is 2.16. The fourth-order valence-corrected chi connectivity index (χ4v) is 3.22. The van der Waals surface area contributed by atoms with Crippen molar-refractivity contribution in [3.05, 3.63) is 41.4 Å². The van der Waals surface area contributed by atoms with E-state index in [0.29, 0.717) is 30.2 Å². The lowest BCUT2D eigenvalue weighted by Gasteiger charge is -2.36. The Bertz CT molecular complexity index is 725. The molecular weight excluding hydrogens is 354 g/mol. The number of nitrogens with one attached hydrogen (secondary N) is 2. The first kappa shape index (κ1) is 18.7. The molecular formula is C18H24ClN5O2. The molecule has 0 atom stereocenters. The van der Waals surface area contributed by atoms with E-state index in [0.717, 1.165) is 31.9 Å². The van der Waals surface area contributed by atoms with Crippen LogP contribution in [0.25, 0.3) is 0 Å². The summed E-state index contributed by atoms with van der Waals surface area (Å²) in [6.45, 7) is 4.71. The Balaban J connectivity index is 1.71. The summed E-state index contributed by atoms with van der Waals surface area (Å²) in [6, 6.07) is 7.10. The van der Waals surface area contributed by atoms with Crippen molar-refractivity contribution in [2.45, 2.75) is 44.9 Å². The van der Waals surface area contributed by atoms with Gasteiger partial charge in [0.05, 0.1) is 6.54 Å². The smallest absolute Gasteiger partial charge is 0.264 e. The molecule has 1 saturated heterocycles. The average molecular weight is 378 g/mol. The van der Waals surface area contributed by atoms with Gasteiger partial charge in [0.15, 0.2) is 11.4 Å². The van der Waals surface area contributed by atoms with Gasteiger partial charge >= 0.3 is 0 Å². The molecule has 1 aromatic heterocycles. The molecule has 140 valence electrons. The number of aromatic nitrogens is 3. The first-order valence-corrected chi connectivity index (χ1v) is 9.31. The normalized spacial score (nSPS) is 16.2. The average Bonchev–Trinajstić information content (AvgIpc) is 3.10. The topological polar surface area (TPSA) is 81.1 Å². The third kappa shape index (κ3) is 4.34. The van der Waals surface area contributed by atoms with E-state index in [1.165, 1.54) is 0 Å². The van der Waals surface area contributed by atoms with Gasteiger partial charge in [0.2, 0.25) is 0 Å². The highest BCUT2D eigenvalue weighted by Crippen LogP contribution is 2.28. The van der Waals surface area contributed by atoms with Gasteiger partial charge in [0.25, 0.3) is 5.91 Å². The van der Waals surface area contributed by atoms with Gasteiger partial charge in [-0.05, 0) is 43.8 Å². The second-order valence-corrected chi connectivity index (χ2v) is 6.86. The molecule has 0 saturated carbocycles. The van der Waals surface area contributed by atoms with Crippen LogP contribution in [0.3, 0.4) is 0 Å². The van der Waals surface area contributed by atoms with E-state index in [-0.39, 0.29) is 5.91 Å². The molecule has 1 fully saturated rings. The molecule has 2 aromatic rings. The third-order valence-electron chi connectivity index (χ3n) is 4.52. The quantitative estimate of drug-likeness (QED) is 0.772. The third-order valence-corrected chi connectivity index (χ3v) is 4.77. The Kier molecular flexibility index (Phi) is 6.11. The summed E-state index contributed by atoms with van der Waals surface area (Å²) in [4.78, 5) is 13.0. The van der Waals surface area contributed by atoms with Gasteiger partial charge in [-0.1, -0.05) is 18.5 Å². The molecule has 2 N–H and O–H groups in total. The summed E-state index contributed by atoms with van der Waals surface area (Å²) in [5, 5.41) is 14.9. The zero-order valence-corrected chi connectivity index (χ0v) is 15.6. The van der Waals surface area contributed by atoms with Crippen molar-refractivity contribution in [2.24, 2.45) is 0 Å². The van der Waals surface area contributed by atoms with E-state index in [4.69, 9.17) is 16.3 Å². The minimum Gasteiger partial charge on any atom is -0.477 e. The van der Waals surface area contributed by atoms with Crippen molar-refractivity contribution in [1.29, 1.82) is 0 Å². The maximum atomic E-state index is 13.0. The summed E-state index contributed by atoms with van der Waals surface area (Å²) >= 11 is 5.94. The van der Waals surface area contributed by atoms with Crippen LogP contribution in [0.1, 0.15) is 32.0 Å². The Morgan fingerprint density at radius 2 is 2.08 bits per heavy atom. The molecule has 0 radical (unpaired) electrons. The summed E-state index contributed by atoms with van der Waals surface area (Å²) in [5.74, 6) is 1.26. The van der Waals surface area contributed by atoms with Gasteiger partial charge in [-0.3, -0.25) is 4.79 Å². The summed E-state index contributed by atoms with van der Waals surface area (Å²) in [5.41, 5.74) is -0.894. The molecule has 1 aromatic carbocycles. The fourth-order valence-electron chi connectivity index (χ4n) is 3.10. The fraction of sp³-hybridized carbons (Fsp3) is 0.500. The lowest BCUT2D eigenvalue weighted by Crippen LogP contribution is -2.56. The number of piperidine rings is 1. The lowest BCUT2D eigenvalue weighted by molar-refractivity contribution is -0.139. The summed E-state index contributed by atoms with van der Waals surface area (Å²) in [6.07, 6.45) is 3.87. The molecule has 1 aliphatic heterocycles. The van der Waals surface area contributed by atoms with E-state index in [2.05, 4.69) is 27.8 Å². The highest BCUT2D eigenvalue weighted by Gasteiger charge is 2.42. The highest BCUT2D eigenvalue weighted by molar-refractivity contribution is 6.30. The number of carbonyl (C=O) groups is 1. The van der Waals surface area contributed by atoms with Crippen molar-refractivity contribution >= 4 is 17.5 Å². The molecule has 8 heteroatoms. The monoisotopic (exact) mass is 377 g/mol. The van der Waals surface area contributed by atoms with E-state index >= 15 is 0 Å². The first-order chi connectivity index (χ1) is 12.6. The molecule has 0 unspecified atom stereocenters. The van der Waals surface area contributed by atoms with E-state index in [1.54, 1.807) is 30.6 Å². The molecule has 7 nitrogen and oxygen atoms in total. The largest absolute Gasteiger partial charge is 0.477 e. The van der Waals surface area contributed by atoms with Crippen molar-refractivity contribution in [3.8, 4) is 5.75 Å². The number of rotatable bonds is 7. The number of amides is 1. The number of nitrogens with zero attached hydrogens (tertiary/aromatic N) is 3. The van der Waals surface area contributed by atoms with Gasteiger partial charge in [-0.25, -0.2) is 0 Å². The van der Waals surface area contributed by atoms with Crippen LogP contribution in [0.2, 0.25) is 5.02 Å². The standard InChI is InChI=1S/C18H24ClN5O2/c1-2-11-24-13-22-23-16(24)12-21-17(25)18(7-9-20-10-8-18)26-15-5-3-14(19)4-6-15/h3-6,13,20H,2,7-12H2,1H3,(H,21,25). The van der Waals surface area contributed by atoms with Gasteiger partial charge < -0.3 is 19.9 Å². The number of ether oxygens (including phenoxy) is 1. The van der Waals surface area contributed by atoms with Crippen LogP contribution in [-0.4, -0.2) is 39.4 Å². The number of hydrogen-bond donors (Lipinski definition) is 2. The van der Waals surface area contributed by atoms with Crippen molar-refractivity contribution < 1.29 is 9.53 Å². The maximum absolute atomic E-state index is 13.0. The molecule has 1 amide bonds. The van der Waals surface area contributed by atoms with E-state index < -0.39 is 5.60 Å². The number of halogens is 1. The number of hydrogen-bond acceptors (Lipinski definition) is 5. The number of carbonyl (C=O) groups excluding carboxylic acids is 1. The zero-order valence-electron chi connectivity index (χ0n) is 14.9. The minimum atomic E-state index is -0.894. The number of benzene rings is 1. The SMILES string of the molecule is CCCn1cnnc1CNC(=O)C1(Oc2ccc(Cl)cc2)CCNCC1. The molecule has 0 bridgehead atoms.